The van der Waals surface area contributed by atoms with Gasteiger partial charge in [0.15, 0.2) is 11.6 Å². The normalized spacial score (nSPS) is 10.8. The molecule has 0 atom stereocenters. The van der Waals surface area contributed by atoms with Crippen LogP contribution in [0.3, 0.4) is 0 Å². The molecule has 0 bridgehead atoms. The lowest BCUT2D eigenvalue weighted by Gasteiger charge is -2.00. The van der Waals surface area contributed by atoms with Crippen molar-refractivity contribution in [2.75, 3.05) is 0 Å². The first kappa shape index (κ1) is 16.7. The van der Waals surface area contributed by atoms with E-state index < -0.39 is 0 Å². The maximum Gasteiger partial charge on any atom is 0.231 e. The van der Waals surface area contributed by atoms with Crippen molar-refractivity contribution in [3.63, 3.8) is 0 Å². The third kappa shape index (κ3) is 4.02. The molecule has 3 rings (SSSR count). The van der Waals surface area contributed by atoms with Crippen molar-refractivity contribution in [3.05, 3.63) is 80.9 Å². The van der Waals surface area contributed by atoms with Gasteiger partial charge in [-0.2, -0.15) is 4.98 Å². The third-order valence-electron chi connectivity index (χ3n) is 3.57. The van der Waals surface area contributed by atoms with E-state index in [-0.39, 0.29) is 5.78 Å². The summed E-state index contributed by atoms with van der Waals surface area (Å²) in [6.07, 6.45) is 1.04. The lowest BCUT2D eigenvalue weighted by Crippen LogP contribution is -1.95. The largest absolute Gasteiger partial charge is 0.339 e. The highest BCUT2D eigenvalue weighted by Crippen LogP contribution is 2.23. The van der Waals surface area contributed by atoms with Crippen LogP contribution in [0.1, 0.15) is 40.1 Å². The fourth-order valence-corrected chi connectivity index (χ4v) is 2.62. The fraction of sp³-hybridized carbons (Fsp3) is 0.167. The van der Waals surface area contributed by atoms with Crippen LogP contribution >= 0.6 is 23.2 Å². The monoisotopic (exact) mass is 360 g/mol. The minimum atomic E-state index is 0.0463. The van der Waals surface area contributed by atoms with Gasteiger partial charge in [-0.3, -0.25) is 4.79 Å². The molecule has 0 saturated heterocycles. The number of hydrogen-bond donors (Lipinski definition) is 0. The van der Waals surface area contributed by atoms with E-state index in [1.807, 2.05) is 18.2 Å². The van der Waals surface area contributed by atoms with Crippen LogP contribution in [-0.2, 0) is 12.8 Å². The molecule has 4 nitrogen and oxygen atoms in total. The van der Waals surface area contributed by atoms with Crippen LogP contribution in [0, 0.1) is 0 Å². The van der Waals surface area contributed by atoms with Crippen molar-refractivity contribution in [1.82, 2.24) is 10.1 Å². The first-order chi connectivity index (χ1) is 11.5. The van der Waals surface area contributed by atoms with Gasteiger partial charge in [-0.25, -0.2) is 0 Å². The maximum absolute atomic E-state index is 11.3. The van der Waals surface area contributed by atoms with Crippen molar-refractivity contribution in [3.8, 4) is 0 Å². The predicted molar refractivity (Wildman–Crippen MR) is 92.8 cm³/mol. The summed E-state index contributed by atoms with van der Waals surface area (Å²) in [4.78, 5) is 15.7. The van der Waals surface area contributed by atoms with Gasteiger partial charge in [0.2, 0.25) is 5.89 Å². The molecular formula is C18H14Cl2N2O2. The minimum Gasteiger partial charge on any atom is -0.339 e. The van der Waals surface area contributed by atoms with Gasteiger partial charge in [0.1, 0.15) is 0 Å². The molecule has 0 spiro atoms. The Morgan fingerprint density at radius 2 is 1.71 bits per heavy atom. The van der Waals surface area contributed by atoms with Crippen molar-refractivity contribution in [2.24, 2.45) is 0 Å². The zero-order valence-electron chi connectivity index (χ0n) is 12.9. The molecule has 6 heteroatoms. The lowest BCUT2D eigenvalue weighted by atomic mass is 10.1. The summed E-state index contributed by atoms with van der Waals surface area (Å²) in [6, 6.07) is 12.8. The van der Waals surface area contributed by atoms with Gasteiger partial charge in [-0.05, 0) is 30.2 Å². The molecular weight excluding hydrogens is 347 g/mol. The quantitative estimate of drug-likeness (QED) is 0.615. The topological polar surface area (TPSA) is 56.0 Å². The van der Waals surface area contributed by atoms with Gasteiger partial charge in [0.05, 0.1) is 16.5 Å². The number of carbonyl (C=O) groups excluding carboxylic acids is 1. The Morgan fingerprint density at radius 1 is 1.00 bits per heavy atom. The molecule has 0 N–H and O–H groups in total. The maximum atomic E-state index is 11.3. The summed E-state index contributed by atoms with van der Waals surface area (Å²) >= 11 is 11.9. The molecule has 0 aliphatic carbocycles. The van der Waals surface area contributed by atoms with E-state index >= 15 is 0 Å². The Morgan fingerprint density at radius 3 is 2.38 bits per heavy atom. The molecule has 0 aliphatic heterocycles. The zero-order chi connectivity index (χ0) is 17.1. The summed E-state index contributed by atoms with van der Waals surface area (Å²) in [5.74, 6) is 1.16. The minimum absolute atomic E-state index is 0.0463. The summed E-state index contributed by atoms with van der Waals surface area (Å²) in [7, 11) is 0. The number of hydrogen-bond acceptors (Lipinski definition) is 4. The molecule has 0 fully saturated rings. The molecule has 122 valence electrons. The first-order valence-electron chi connectivity index (χ1n) is 7.36. The molecule has 2 aromatic carbocycles. The number of carbonyl (C=O) groups is 1. The van der Waals surface area contributed by atoms with E-state index in [1.54, 1.807) is 31.2 Å². The Labute approximate surface area is 149 Å². The summed E-state index contributed by atoms with van der Waals surface area (Å²) in [5.41, 5.74) is 2.65. The van der Waals surface area contributed by atoms with Gasteiger partial charge in [-0.15, -0.1) is 0 Å². The molecule has 0 amide bonds. The highest BCUT2D eigenvalue weighted by atomic mass is 35.5. The van der Waals surface area contributed by atoms with Crippen molar-refractivity contribution < 1.29 is 9.32 Å². The van der Waals surface area contributed by atoms with Crippen LogP contribution in [-0.4, -0.2) is 15.9 Å². The summed E-state index contributed by atoms with van der Waals surface area (Å²) < 4.78 is 5.28. The van der Waals surface area contributed by atoms with E-state index in [0.29, 0.717) is 40.2 Å². The third-order valence-corrected chi connectivity index (χ3v) is 4.31. The van der Waals surface area contributed by atoms with E-state index in [0.717, 1.165) is 11.1 Å². The Bertz CT molecular complexity index is 873. The van der Waals surface area contributed by atoms with Crippen molar-refractivity contribution in [2.45, 2.75) is 19.8 Å². The second-order valence-corrected chi connectivity index (χ2v) is 6.27. The molecule has 24 heavy (non-hydrogen) atoms. The molecule has 0 saturated carbocycles. The summed E-state index contributed by atoms with van der Waals surface area (Å²) in [5, 5.41) is 5.01. The number of halogens is 2. The van der Waals surface area contributed by atoms with Crippen LogP contribution in [0.2, 0.25) is 10.0 Å². The number of nitrogens with zero attached hydrogens (tertiary/aromatic N) is 2. The molecule has 0 unspecified atom stereocenters. The van der Waals surface area contributed by atoms with Gasteiger partial charge < -0.3 is 4.52 Å². The first-order valence-corrected chi connectivity index (χ1v) is 8.12. The van der Waals surface area contributed by atoms with E-state index in [2.05, 4.69) is 10.1 Å². The van der Waals surface area contributed by atoms with Gasteiger partial charge >= 0.3 is 0 Å². The Hall–Kier alpha value is -2.17. The highest BCUT2D eigenvalue weighted by Gasteiger charge is 2.09. The predicted octanol–water partition coefficient (Wildman–Crippen LogP) is 4.76. The van der Waals surface area contributed by atoms with E-state index in [4.69, 9.17) is 27.7 Å². The molecule has 1 heterocycles. The Balaban J connectivity index is 1.68. The van der Waals surface area contributed by atoms with E-state index in [1.165, 1.54) is 0 Å². The van der Waals surface area contributed by atoms with Crippen LogP contribution in [0.25, 0.3) is 0 Å². The number of ketones is 1. The van der Waals surface area contributed by atoms with Crippen molar-refractivity contribution in [1.29, 1.82) is 0 Å². The average molecular weight is 361 g/mol. The van der Waals surface area contributed by atoms with Crippen LogP contribution in [0.4, 0.5) is 0 Å². The van der Waals surface area contributed by atoms with Crippen LogP contribution in [0.5, 0.6) is 0 Å². The van der Waals surface area contributed by atoms with Crippen LogP contribution < -0.4 is 0 Å². The van der Waals surface area contributed by atoms with Gasteiger partial charge in [0, 0.05) is 12.0 Å². The Kier molecular flexibility index (Phi) is 4.97. The standard InChI is InChI=1S/C18H14Cl2N2O2/c1-11(23)14-5-2-12(3-6-14)9-17-21-18(24-22-17)10-13-4-7-15(19)16(20)8-13/h2-8H,9-10H2,1H3. The van der Waals surface area contributed by atoms with Gasteiger partial charge in [0.25, 0.3) is 0 Å². The number of aromatic nitrogens is 2. The smallest absolute Gasteiger partial charge is 0.231 e. The molecule has 0 aliphatic rings. The molecule has 0 radical (unpaired) electrons. The van der Waals surface area contributed by atoms with Gasteiger partial charge in [-0.1, -0.05) is 58.7 Å². The average Bonchev–Trinajstić information content (AvgIpc) is 2.98. The van der Waals surface area contributed by atoms with Crippen LogP contribution in [0.15, 0.2) is 47.0 Å². The highest BCUT2D eigenvalue weighted by molar-refractivity contribution is 6.42. The molecule has 3 aromatic rings. The summed E-state index contributed by atoms with van der Waals surface area (Å²) in [6.45, 7) is 1.55. The van der Waals surface area contributed by atoms with Crippen molar-refractivity contribution >= 4 is 29.0 Å². The SMILES string of the molecule is CC(=O)c1ccc(Cc2noc(Cc3ccc(Cl)c(Cl)c3)n2)cc1. The second-order valence-electron chi connectivity index (χ2n) is 5.46. The lowest BCUT2D eigenvalue weighted by molar-refractivity contribution is 0.101. The fourth-order valence-electron chi connectivity index (χ4n) is 2.30. The number of rotatable bonds is 5. The van der Waals surface area contributed by atoms with E-state index in [9.17, 15) is 4.79 Å². The zero-order valence-corrected chi connectivity index (χ0v) is 14.4. The molecule has 1 aromatic heterocycles. The number of benzene rings is 2. The second kappa shape index (κ2) is 7.16. The number of Topliss-reactive ketones (excluding diaryl/α,β-unsaturated/α-hetero) is 1.